The number of rotatable bonds is 2. The molecule has 1 heterocycles. The van der Waals surface area contributed by atoms with Gasteiger partial charge in [-0.3, -0.25) is 0 Å². The van der Waals surface area contributed by atoms with Gasteiger partial charge in [0.25, 0.3) is 5.82 Å². The first-order valence-electron chi connectivity index (χ1n) is 4.60. The third kappa shape index (κ3) is 2.15. The third-order valence-electron chi connectivity index (χ3n) is 2.73. The van der Waals surface area contributed by atoms with Crippen molar-refractivity contribution in [1.29, 1.82) is 0 Å². The predicted octanol–water partition coefficient (Wildman–Crippen LogP) is -2.00. The van der Waals surface area contributed by atoms with Crippen LogP contribution in [0.1, 0.15) is 25.1 Å². The lowest BCUT2D eigenvalue weighted by molar-refractivity contribution is -0.709. The second-order valence-electron chi connectivity index (χ2n) is 3.74. The fourth-order valence-electron chi connectivity index (χ4n) is 1.72. The van der Waals surface area contributed by atoms with E-state index in [-0.39, 0.29) is 12.4 Å². The molecule has 3 N–H and O–H groups in total. The molecule has 0 bridgehead atoms. The molecule has 74 valence electrons. The molecule has 1 aromatic heterocycles. The molecule has 4 heteroatoms. The summed E-state index contributed by atoms with van der Waals surface area (Å²) in [5.74, 6) is 2.83. The molecule has 0 atom stereocenters. The maximum absolute atomic E-state index is 5.64. The van der Waals surface area contributed by atoms with E-state index in [1.807, 2.05) is 6.20 Å². The molecule has 2 rings (SSSR count). The molecule has 3 nitrogen and oxygen atoms in total. The van der Waals surface area contributed by atoms with Gasteiger partial charge >= 0.3 is 0 Å². The van der Waals surface area contributed by atoms with Gasteiger partial charge in [0.15, 0.2) is 6.20 Å². The maximum Gasteiger partial charge on any atom is 0.252 e. The number of nitrogens with one attached hydrogen (secondary N) is 1. The van der Waals surface area contributed by atoms with Crippen LogP contribution >= 0.6 is 0 Å². The van der Waals surface area contributed by atoms with Crippen LogP contribution in [0, 0.1) is 12.8 Å². The minimum absolute atomic E-state index is 0. The molecule has 0 spiro atoms. The number of anilines is 1. The lowest BCUT2D eigenvalue weighted by atomic mass is 9.85. The molecule has 0 saturated heterocycles. The van der Waals surface area contributed by atoms with Crippen LogP contribution in [0.3, 0.4) is 0 Å². The van der Waals surface area contributed by atoms with Crippen LogP contribution in [-0.4, -0.2) is 4.98 Å². The van der Waals surface area contributed by atoms with E-state index in [1.165, 1.54) is 25.1 Å². The van der Waals surface area contributed by atoms with Gasteiger partial charge < -0.3 is 18.1 Å². The van der Waals surface area contributed by atoms with Gasteiger partial charge in [0.05, 0.1) is 6.54 Å². The smallest absolute Gasteiger partial charge is 0.252 e. The lowest BCUT2D eigenvalue weighted by Gasteiger charge is -2.23. The Morgan fingerprint density at radius 2 is 2.31 bits per heavy atom. The molecule has 0 radical (unpaired) electrons. The lowest BCUT2D eigenvalue weighted by Crippen LogP contribution is -3.00. The Kier molecular flexibility index (Phi) is 3.20. The Balaban J connectivity index is 0.000000845. The van der Waals surface area contributed by atoms with E-state index in [4.69, 9.17) is 5.73 Å². The Labute approximate surface area is 84.7 Å². The Morgan fingerprint density at radius 1 is 1.62 bits per heavy atom. The van der Waals surface area contributed by atoms with Gasteiger partial charge in [0, 0.05) is 6.92 Å². The largest absolute Gasteiger partial charge is 1.00 e. The quantitative estimate of drug-likeness (QED) is 0.535. The van der Waals surface area contributed by atoms with Crippen molar-refractivity contribution in [1.82, 2.24) is 4.98 Å². The molecule has 1 aliphatic rings. The van der Waals surface area contributed by atoms with Gasteiger partial charge in [-0.15, -0.1) is 0 Å². The molecule has 0 unspecified atom stereocenters. The van der Waals surface area contributed by atoms with Crippen molar-refractivity contribution in [2.45, 2.75) is 32.7 Å². The minimum Gasteiger partial charge on any atom is -1.00 e. The highest BCUT2D eigenvalue weighted by Gasteiger charge is 2.21. The van der Waals surface area contributed by atoms with Crippen LogP contribution in [0.4, 0.5) is 5.82 Å². The van der Waals surface area contributed by atoms with Gasteiger partial charge in [-0.1, -0.05) is 6.42 Å². The molecule has 1 aliphatic carbocycles. The van der Waals surface area contributed by atoms with Gasteiger partial charge in [0.2, 0.25) is 5.82 Å². The number of H-pyrrole nitrogens is 1. The summed E-state index contributed by atoms with van der Waals surface area (Å²) in [6, 6.07) is 0. The van der Waals surface area contributed by atoms with E-state index >= 15 is 0 Å². The minimum atomic E-state index is 0. The second kappa shape index (κ2) is 4.01. The summed E-state index contributed by atoms with van der Waals surface area (Å²) >= 11 is 0. The van der Waals surface area contributed by atoms with Crippen molar-refractivity contribution in [2.75, 3.05) is 5.73 Å². The highest BCUT2D eigenvalue weighted by Crippen LogP contribution is 2.26. The molecule has 1 aromatic rings. The van der Waals surface area contributed by atoms with Crippen molar-refractivity contribution >= 4 is 5.82 Å². The van der Waals surface area contributed by atoms with Gasteiger partial charge in [-0.05, 0) is 18.8 Å². The number of halogens is 1. The molecule has 1 saturated carbocycles. The maximum atomic E-state index is 5.64. The number of aromatic nitrogens is 2. The zero-order valence-corrected chi connectivity index (χ0v) is 8.64. The number of hydrogen-bond acceptors (Lipinski definition) is 1. The average Bonchev–Trinajstić information content (AvgIpc) is 2.21. The SMILES string of the molecule is Cc1[nH]c(N)c[n+]1CC1CCC1.[Cl-]. The average molecular weight is 202 g/mol. The van der Waals surface area contributed by atoms with Crippen LogP contribution in [0.25, 0.3) is 0 Å². The molecule has 0 amide bonds. The first-order valence-corrected chi connectivity index (χ1v) is 4.60. The standard InChI is InChI=1S/C9H15N3.ClH/c1-7-11-9(10)6-12(7)5-8-3-2-4-8;/h6,8H,2-5,10H2,1H3;1H. The summed E-state index contributed by atoms with van der Waals surface area (Å²) < 4.78 is 2.22. The number of nitrogen functional groups attached to an aromatic ring is 1. The summed E-state index contributed by atoms with van der Waals surface area (Å²) in [5, 5.41) is 0. The molecule has 0 aromatic carbocycles. The van der Waals surface area contributed by atoms with Gasteiger partial charge in [-0.25, -0.2) is 9.55 Å². The van der Waals surface area contributed by atoms with E-state index in [1.54, 1.807) is 0 Å². The summed E-state index contributed by atoms with van der Waals surface area (Å²) in [4.78, 5) is 3.10. The Morgan fingerprint density at radius 3 is 2.69 bits per heavy atom. The zero-order valence-electron chi connectivity index (χ0n) is 7.89. The summed E-state index contributed by atoms with van der Waals surface area (Å²) in [5.41, 5.74) is 5.64. The summed E-state index contributed by atoms with van der Waals surface area (Å²) in [6.07, 6.45) is 6.17. The van der Waals surface area contributed by atoms with Crippen molar-refractivity contribution in [3.8, 4) is 0 Å². The molecule has 13 heavy (non-hydrogen) atoms. The van der Waals surface area contributed by atoms with Crippen LogP contribution < -0.4 is 22.7 Å². The number of nitrogens with two attached hydrogens (primary N) is 1. The first kappa shape index (κ1) is 10.4. The van der Waals surface area contributed by atoms with E-state index in [0.29, 0.717) is 0 Å². The number of aryl methyl sites for hydroxylation is 1. The van der Waals surface area contributed by atoms with Crippen molar-refractivity contribution < 1.29 is 17.0 Å². The monoisotopic (exact) mass is 201 g/mol. The van der Waals surface area contributed by atoms with Crippen LogP contribution in [-0.2, 0) is 6.54 Å². The van der Waals surface area contributed by atoms with E-state index in [0.717, 1.165) is 18.3 Å². The molecular formula is C9H16ClN3. The third-order valence-corrected chi connectivity index (χ3v) is 2.73. The van der Waals surface area contributed by atoms with E-state index in [9.17, 15) is 0 Å². The van der Waals surface area contributed by atoms with Crippen molar-refractivity contribution in [2.24, 2.45) is 5.92 Å². The molecule has 0 aliphatic heterocycles. The molecule has 1 fully saturated rings. The van der Waals surface area contributed by atoms with Crippen LogP contribution in [0.15, 0.2) is 6.20 Å². The van der Waals surface area contributed by atoms with E-state index in [2.05, 4.69) is 16.5 Å². The number of nitrogens with zero attached hydrogens (tertiary/aromatic N) is 1. The van der Waals surface area contributed by atoms with Gasteiger partial charge in [-0.2, -0.15) is 0 Å². The van der Waals surface area contributed by atoms with Crippen molar-refractivity contribution in [3.05, 3.63) is 12.0 Å². The van der Waals surface area contributed by atoms with E-state index < -0.39 is 0 Å². The number of aromatic amines is 1. The predicted molar refractivity (Wildman–Crippen MR) is 47.5 cm³/mol. The Hall–Kier alpha value is -0.700. The zero-order chi connectivity index (χ0) is 8.55. The first-order chi connectivity index (χ1) is 5.75. The van der Waals surface area contributed by atoms with Crippen LogP contribution in [0.2, 0.25) is 0 Å². The number of imidazole rings is 1. The highest BCUT2D eigenvalue weighted by molar-refractivity contribution is 5.20. The fraction of sp³-hybridized carbons (Fsp3) is 0.667. The second-order valence-corrected chi connectivity index (χ2v) is 3.74. The Bertz CT molecular complexity index is 278. The van der Waals surface area contributed by atoms with Gasteiger partial charge in [0.1, 0.15) is 0 Å². The normalized spacial score (nSPS) is 16.4. The summed E-state index contributed by atoms with van der Waals surface area (Å²) in [6.45, 7) is 3.20. The molecular weight excluding hydrogens is 186 g/mol. The van der Waals surface area contributed by atoms with Crippen LogP contribution in [0.5, 0.6) is 0 Å². The number of hydrogen-bond donors (Lipinski definition) is 2. The topological polar surface area (TPSA) is 45.7 Å². The van der Waals surface area contributed by atoms with Crippen molar-refractivity contribution in [3.63, 3.8) is 0 Å². The highest BCUT2D eigenvalue weighted by atomic mass is 35.5. The summed E-state index contributed by atoms with van der Waals surface area (Å²) in [7, 11) is 0. The fourth-order valence-corrected chi connectivity index (χ4v) is 1.72.